The van der Waals surface area contributed by atoms with Crippen molar-refractivity contribution in [2.24, 2.45) is 5.41 Å². The number of carbonyl (C=O) groups excluding carboxylic acids is 2. The van der Waals surface area contributed by atoms with Crippen molar-refractivity contribution in [3.8, 4) is 0 Å². The lowest BCUT2D eigenvalue weighted by Gasteiger charge is -2.33. The summed E-state index contributed by atoms with van der Waals surface area (Å²) in [5.41, 5.74) is -0.580. The van der Waals surface area contributed by atoms with Gasteiger partial charge >= 0.3 is 5.97 Å². The van der Waals surface area contributed by atoms with Crippen LogP contribution in [0, 0.1) is 5.41 Å². The molecule has 23 heavy (non-hydrogen) atoms. The highest BCUT2D eigenvalue weighted by molar-refractivity contribution is 5.91. The van der Waals surface area contributed by atoms with Crippen LogP contribution in [0.15, 0.2) is 30.3 Å². The average Bonchev–Trinajstić information content (AvgIpc) is 2.76. The van der Waals surface area contributed by atoms with Crippen LogP contribution in [0.3, 0.4) is 0 Å². The maximum Gasteiger partial charge on any atom is 0.338 e. The number of hydrogen-bond donors (Lipinski definition) is 1. The first-order chi connectivity index (χ1) is 10.5. The Bertz CT molecular complexity index is 590. The minimum Gasteiger partial charge on any atom is -0.454 e. The van der Waals surface area contributed by atoms with Crippen molar-refractivity contribution in [3.05, 3.63) is 35.9 Å². The third-order valence-corrected chi connectivity index (χ3v) is 4.19. The lowest BCUT2D eigenvalue weighted by atomic mass is 9.92. The standard InChI is InChI=1S/C18H26N2O3/c1-17(2,3)16-19-13(14(21)20(16)6)18(4,5)23-15(22)12-10-8-7-9-11-12/h7-11,13,16,19H,1-6H3/t13-,16-/m0/s1. The zero-order valence-electron chi connectivity index (χ0n) is 14.7. The van der Waals surface area contributed by atoms with Gasteiger partial charge in [-0.05, 0) is 31.4 Å². The van der Waals surface area contributed by atoms with Crippen LogP contribution in [0.2, 0.25) is 0 Å². The molecule has 1 N–H and O–H groups in total. The third-order valence-electron chi connectivity index (χ3n) is 4.19. The highest BCUT2D eigenvalue weighted by atomic mass is 16.6. The Morgan fingerprint density at radius 1 is 1.13 bits per heavy atom. The van der Waals surface area contributed by atoms with Crippen LogP contribution in [0.5, 0.6) is 0 Å². The lowest BCUT2D eigenvalue weighted by Crippen LogP contribution is -2.52. The van der Waals surface area contributed by atoms with Crippen molar-refractivity contribution >= 4 is 11.9 Å². The molecular formula is C18H26N2O3. The van der Waals surface area contributed by atoms with E-state index in [-0.39, 0.29) is 17.5 Å². The number of rotatable bonds is 3. The minimum atomic E-state index is -0.946. The second-order valence-electron chi connectivity index (χ2n) is 7.68. The van der Waals surface area contributed by atoms with Crippen LogP contribution in [-0.2, 0) is 9.53 Å². The van der Waals surface area contributed by atoms with E-state index in [9.17, 15) is 9.59 Å². The van der Waals surface area contributed by atoms with Gasteiger partial charge in [0.05, 0.1) is 11.7 Å². The normalized spacial score (nSPS) is 22.3. The summed E-state index contributed by atoms with van der Waals surface area (Å²) in [4.78, 5) is 26.6. The molecule has 0 radical (unpaired) electrons. The van der Waals surface area contributed by atoms with Gasteiger partial charge in [0, 0.05) is 7.05 Å². The van der Waals surface area contributed by atoms with E-state index in [4.69, 9.17) is 4.74 Å². The summed E-state index contributed by atoms with van der Waals surface area (Å²) in [5.74, 6) is -0.483. The third kappa shape index (κ3) is 3.55. The molecule has 0 aliphatic carbocycles. The molecule has 0 spiro atoms. The Morgan fingerprint density at radius 3 is 2.17 bits per heavy atom. The van der Waals surface area contributed by atoms with E-state index in [0.717, 1.165) is 0 Å². The zero-order valence-corrected chi connectivity index (χ0v) is 14.7. The molecule has 0 unspecified atom stereocenters. The number of amides is 1. The van der Waals surface area contributed by atoms with Crippen LogP contribution in [0.1, 0.15) is 45.0 Å². The number of nitrogens with zero attached hydrogens (tertiary/aromatic N) is 1. The van der Waals surface area contributed by atoms with E-state index in [0.29, 0.717) is 5.56 Å². The van der Waals surface area contributed by atoms with Gasteiger partial charge in [0.2, 0.25) is 5.91 Å². The molecule has 1 fully saturated rings. The lowest BCUT2D eigenvalue weighted by molar-refractivity contribution is -0.133. The SMILES string of the molecule is CN1C(=O)[C@@H](C(C)(C)OC(=O)c2ccccc2)N[C@@H]1C(C)(C)C. The monoisotopic (exact) mass is 318 g/mol. The fraction of sp³-hybridized carbons (Fsp3) is 0.556. The fourth-order valence-corrected chi connectivity index (χ4v) is 2.93. The summed E-state index contributed by atoms with van der Waals surface area (Å²) in [5, 5.41) is 3.33. The second kappa shape index (κ2) is 5.96. The Morgan fingerprint density at radius 2 is 1.70 bits per heavy atom. The van der Waals surface area contributed by atoms with E-state index in [1.807, 2.05) is 6.07 Å². The molecule has 1 aliphatic rings. The van der Waals surface area contributed by atoms with Gasteiger partial charge in [0.15, 0.2) is 0 Å². The predicted molar refractivity (Wildman–Crippen MR) is 88.9 cm³/mol. The Balaban J connectivity index is 2.16. The molecule has 126 valence electrons. The first kappa shape index (κ1) is 17.5. The van der Waals surface area contributed by atoms with Crippen molar-refractivity contribution in [1.29, 1.82) is 0 Å². The van der Waals surface area contributed by atoms with E-state index in [1.54, 1.807) is 50.1 Å². The summed E-state index contributed by atoms with van der Waals surface area (Å²) in [7, 11) is 1.78. The molecule has 0 saturated carbocycles. The van der Waals surface area contributed by atoms with Crippen molar-refractivity contribution in [1.82, 2.24) is 10.2 Å². The molecule has 0 aromatic heterocycles. The molecule has 1 heterocycles. The molecule has 5 heteroatoms. The molecule has 2 atom stereocenters. The van der Waals surface area contributed by atoms with E-state index >= 15 is 0 Å². The molecular weight excluding hydrogens is 292 g/mol. The van der Waals surface area contributed by atoms with E-state index < -0.39 is 17.6 Å². The Labute approximate surface area is 138 Å². The van der Waals surface area contributed by atoms with Gasteiger partial charge in [-0.3, -0.25) is 10.1 Å². The van der Waals surface area contributed by atoms with Crippen LogP contribution in [0.4, 0.5) is 0 Å². The molecule has 1 aromatic carbocycles. The smallest absolute Gasteiger partial charge is 0.338 e. The molecule has 5 nitrogen and oxygen atoms in total. The fourth-order valence-electron chi connectivity index (χ4n) is 2.93. The average molecular weight is 318 g/mol. The van der Waals surface area contributed by atoms with Crippen LogP contribution in [-0.4, -0.2) is 41.6 Å². The number of carbonyl (C=O) groups is 2. The number of likely N-dealkylation sites (N-methyl/N-ethyl adjacent to an activating group) is 1. The molecule has 2 rings (SSSR count). The molecule has 0 bridgehead atoms. The summed E-state index contributed by atoms with van der Waals surface area (Å²) >= 11 is 0. The number of nitrogens with one attached hydrogen (secondary N) is 1. The van der Waals surface area contributed by atoms with Gasteiger partial charge in [-0.15, -0.1) is 0 Å². The van der Waals surface area contributed by atoms with Gasteiger partial charge in [-0.2, -0.15) is 0 Å². The maximum absolute atomic E-state index is 12.6. The number of benzene rings is 1. The van der Waals surface area contributed by atoms with Crippen LogP contribution in [0.25, 0.3) is 0 Å². The predicted octanol–water partition coefficient (Wildman–Crippen LogP) is 2.42. The van der Waals surface area contributed by atoms with Crippen molar-refractivity contribution in [2.75, 3.05) is 7.05 Å². The highest BCUT2D eigenvalue weighted by Crippen LogP contribution is 2.31. The van der Waals surface area contributed by atoms with Gasteiger partial charge in [-0.1, -0.05) is 39.0 Å². The Hall–Kier alpha value is -1.88. The summed E-state index contributed by atoms with van der Waals surface area (Å²) in [6, 6.07) is 8.24. The molecule has 1 aliphatic heterocycles. The summed E-state index contributed by atoms with van der Waals surface area (Å²) in [6.45, 7) is 9.74. The van der Waals surface area contributed by atoms with Crippen LogP contribution >= 0.6 is 0 Å². The maximum atomic E-state index is 12.6. The first-order valence-electron chi connectivity index (χ1n) is 7.85. The van der Waals surface area contributed by atoms with Crippen molar-refractivity contribution in [2.45, 2.75) is 52.4 Å². The molecule has 1 aromatic rings. The number of hydrogen-bond acceptors (Lipinski definition) is 4. The van der Waals surface area contributed by atoms with Gasteiger partial charge < -0.3 is 9.64 Å². The van der Waals surface area contributed by atoms with E-state index in [2.05, 4.69) is 26.1 Å². The minimum absolute atomic E-state index is 0.0595. The van der Waals surface area contributed by atoms with Gasteiger partial charge in [0.1, 0.15) is 11.6 Å². The quantitative estimate of drug-likeness (QED) is 0.870. The van der Waals surface area contributed by atoms with Gasteiger partial charge in [-0.25, -0.2) is 4.79 Å². The first-order valence-corrected chi connectivity index (χ1v) is 7.85. The number of esters is 1. The number of ether oxygens (including phenoxy) is 1. The summed E-state index contributed by atoms with van der Waals surface area (Å²) < 4.78 is 5.64. The second-order valence-corrected chi connectivity index (χ2v) is 7.68. The highest BCUT2D eigenvalue weighted by Gasteiger charge is 2.50. The molecule has 1 saturated heterocycles. The van der Waals surface area contributed by atoms with Gasteiger partial charge in [0.25, 0.3) is 0 Å². The van der Waals surface area contributed by atoms with Crippen LogP contribution < -0.4 is 5.32 Å². The largest absolute Gasteiger partial charge is 0.454 e. The summed E-state index contributed by atoms with van der Waals surface area (Å²) in [6.07, 6.45) is -0.102. The van der Waals surface area contributed by atoms with Crippen molar-refractivity contribution in [3.63, 3.8) is 0 Å². The molecule has 1 amide bonds. The topological polar surface area (TPSA) is 58.6 Å². The Kier molecular flexibility index (Phi) is 4.53. The van der Waals surface area contributed by atoms with Crippen molar-refractivity contribution < 1.29 is 14.3 Å². The zero-order chi connectivity index (χ0) is 17.4. The van der Waals surface area contributed by atoms with E-state index in [1.165, 1.54) is 0 Å².